The van der Waals surface area contributed by atoms with Crippen molar-refractivity contribution in [2.45, 2.75) is 0 Å². The normalized spacial score (nSPS) is 10.7. The summed E-state index contributed by atoms with van der Waals surface area (Å²) in [5.41, 5.74) is 4.09. The van der Waals surface area contributed by atoms with Crippen LogP contribution >= 0.6 is 27.5 Å². The summed E-state index contributed by atoms with van der Waals surface area (Å²) in [5.74, 6) is 0. The standard InChI is InChI=1S/C13H9BrClN3O2/c14-10-2-4-11(5-3-10)17-16-8-9-1-6-12(15)13(7-9)18(19)20/h1-8,17H/b16-8+. The Morgan fingerprint density at radius 3 is 2.60 bits per heavy atom. The molecule has 20 heavy (non-hydrogen) atoms. The van der Waals surface area contributed by atoms with Crippen molar-refractivity contribution >= 4 is 45.1 Å². The molecule has 0 aliphatic rings. The van der Waals surface area contributed by atoms with Crippen LogP contribution in [0.3, 0.4) is 0 Å². The first kappa shape index (κ1) is 14.5. The summed E-state index contributed by atoms with van der Waals surface area (Å²) in [5, 5.41) is 14.9. The molecule has 0 radical (unpaired) electrons. The third kappa shape index (κ3) is 3.79. The summed E-state index contributed by atoms with van der Waals surface area (Å²) in [6.07, 6.45) is 1.49. The minimum Gasteiger partial charge on any atom is -0.279 e. The molecule has 1 N–H and O–H groups in total. The van der Waals surface area contributed by atoms with Gasteiger partial charge in [0, 0.05) is 16.1 Å². The fourth-order valence-corrected chi connectivity index (χ4v) is 1.91. The van der Waals surface area contributed by atoms with E-state index in [0.717, 1.165) is 10.2 Å². The van der Waals surface area contributed by atoms with E-state index >= 15 is 0 Å². The Morgan fingerprint density at radius 2 is 1.95 bits per heavy atom. The van der Waals surface area contributed by atoms with Gasteiger partial charge in [-0.25, -0.2) is 0 Å². The van der Waals surface area contributed by atoms with E-state index in [4.69, 9.17) is 11.6 Å². The minimum atomic E-state index is -0.526. The van der Waals surface area contributed by atoms with E-state index in [2.05, 4.69) is 26.5 Å². The molecule has 0 amide bonds. The van der Waals surface area contributed by atoms with Gasteiger partial charge >= 0.3 is 0 Å². The lowest BCUT2D eigenvalue weighted by molar-refractivity contribution is -0.384. The zero-order valence-electron chi connectivity index (χ0n) is 10.1. The molecule has 0 aromatic heterocycles. The fraction of sp³-hybridized carbons (Fsp3) is 0. The number of anilines is 1. The number of hydrazone groups is 1. The predicted molar refractivity (Wildman–Crippen MR) is 83.5 cm³/mol. The molecule has 0 fully saturated rings. The first-order chi connectivity index (χ1) is 9.56. The highest BCUT2D eigenvalue weighted by atomic mass is 79.9. The maximum absolute atomic E-state index is 10.8. The van der Waals surface area contributed by atoms with E-state index in [1.807, 2.05) is 24.3 Å². The number of nitro groups is 1. The molecule has 0 atom stereocenters. The monoisotopic (exact) mass is 353 g/mol. The molecule has 0 aliphatic heterocycles. The molecule has 2 rings (SSSR count). The Balaban J connectivity index is 2.10. The molecule has 0 bridgehead atoms. The van der Waals surface area contributed by atoms with Crippen LogP contribution in [0.4, 0.5) is 11.4 Å². The highest BCUT2D eigenvalue weighted by Crippen LogP contribution is 2.24. The van der Waals surface area contributed by atoms with Gasteiger partial charge in [-0.2, -0.15) is 5.10 Å². The molecule has 0 unspecified atom stereocenters. The Hall–Kier alpha value is -1.92. The van der Waals surface area contributed by atoms with Crippen molar-refractivity contribution in [1.29, 1.82) is 0 Å². The Bertz CT molecular complexity index is 659. The van der Waals surface area contributed by atoms with Crippen LogP contribution in [-0.4, -0.2) is 11.1 Å². The van der Waals surface area contributed by atoms with Gasteiger partial charge in [-0.15, -0.1) is 0 Å². The lowest BCUT2D eigenvalue weighted by Gasteiger charge is -2.00. The summed E-state index contributed by atoms with van der Waals surface area (Å²) in [6, 6.07) is 12.0. The van der Waals surface area contributed by atoms with Gasteiger partial charge in [0.05, 0.1) is 16.8 Å². The number of benzene rings is 2. The maximum Gasteiger partial charge on any atom is 0.288 e. The third-order valence-electron chi connectivity index (χ3n) is 2.42. The van der Waals surface area contributed by atoms with Crippen molar-refractivity contribution in [3.05, 3.63) is 67.6 Å². The van der Waals surface area contributed by atoms with Gasteiger partial charge in [0.15, 0.2) is 0 Å². The van der Waals surface area contributed by atoms with Gasteiger partial charge in [0.25, 0.3) is 5.69 Å². The molecule has 5 nitrogen and oxygen atoms in total. The van der Waals surface area contributed by atoms with Crippen molar-refractivity contribution in [2.24, 2.45) is 5.10 Å². The molecule has 7 heteroatoms. The Morgan fingerprint density at radius 1 is 1.25 bits per heavy atom. The number of nitro benzene ring substituents is 1. The number of nitrogens with one attached hydrogen (secondary N) is 1. The Labute approximate surface area is 128 Å². The fourth-order valence-electron chi connectivity index (χ4n) is 1.46. The topological polar surface area (TPSA) is 67.5 Å². The van der Waals surface area contributed by atoms with Gasteiger partial charge in [-0.3, -0.25) is 15.5 Å². The van der Waals surface area contributed by atoms with Gasteiger partial charge in [-0.1, -0.05) is 33.6 Å². The molecule has 0 aliphatic carbocycles. The first-order valence-electron chi connectivity index (χ1n) is 5.55. The van der Waals surface area contributed by atoms with E-state index in [0.29, 0.717) is 5.56 Å². The summed E-state index contributed by atoms with van der Waals surface area (Å²) < 4.78 is 0.973. The van der Waals surface area contributed by atoms with Gasteiger partial charge in [0.1, 0.15) is 5.02 Å². The van der Waals surface area contributed by atoms with Crippen LogP contribution in [-0.2, 0) is 0 Å². The second-order valence-electron chi connectivity index (χ2n) is 3.84. The van der Waals surface area contributed by atoms with E-state index < -0.39 is 4.92 Å². The molecule has 0 heterocycles. The van der Waals surface area contributed by atoms with Crippen molar-refractivity contribution < 1.29 is 4.92 Å². The van der Waals surface area contributed by atoms with E-state index in [1.165, 1.54) is 18.3 Å². The molecule has 102 valence electrons. The van der Waals surface area contributed by atoms with Crippen LogP contribution in [0.2, 0.25) is 5.02 Å². The lowest BCUT2D eigenvalue weighted by atomic mass is 10.2. The number of rotatable bonds is 4. The summed E-state index contributed by atoms with van der Waals surface area (Å²) >= 11 is 9.07. The average molecular weight is 355 g/mol. The molecule has 0 saturated carbocycles. The number of hydrogen-bond donors (Lipinski definition) is 1. The predicted octanol–water partition coefficient (Wildman–Crippen LogP) is 4.46. The number of hydrogen-bond acceptors (Lipinski definition) is 4. The minimum absolute atomic E-state index is 0.105. The molecule has 0 spiro atoms. The van der Waals surface area contributed by atoms with E-state index in [1.54, 1.807) is 6.07 Å². The second kappa shape index (κ2) is 6.49. The van der Waals surface area contributed by atoms with Crippen molar-refractivity contribution in [1.82, 2.24) is 0 Å². The first-order valence-corrected chi connectivity index (χ1v) is 6.72. The summed E-state index contributed by atoms with van der Waals surface area (Å²) in [7, 11) is 0. The van der Waals surface area contributed by atoms with E-state index in [-0.39, 0.29) is 10.7 Å². The SMILES string of the molecule is O=[N+]([O-])c1cc(/C=N/Nc2ccc(Br)cc2)ccc1Cl. The largest absolute Gasteiger partial charge is 0.288 e. The molecule has 2 aromatic carbocycles. The van der Waals surface area contributed by atoms with Crippen LogP contribution < -0.4 is 5.43 Å². The van der Waals surface area contributed by atoms with Crippen LogP contribution in [0.25, 0.3) is 0 Å². The molecule has 0 saturated heterocycles. The summed E-state index contributed by atoms with van der Waals surface area (Å²) in [6.45, 7) is 0. The number of halogens is 2. The summed E-state index contributed by atoms with van der Waals surface area (Å²) in [4.78, 5) is 10.2. The van der Waals surface area contributed by atoms with Crippen LogP contribution in [0.15, 0.2) is 52.0 Å². The van der Waals surface area contributed by atoms with Gasteiger partial charge in [0.2, 0.25) is 0 Å². The van der Waals surface area contributed by atoms with Gasteiger partial charge < -0.3 is 0 Å². The van der Waals surface area contributed by atoms with Crippen molar-refractivity contribution in [3.8, 4) is 0 Å². The third-order valence-corrected chi connectivity index (χ3v) is 3.27. The zero-order valence-corrected chi connectivity index (χ0v) is 12.4. The van der Waals surface area contributed by atoms with Crippen molar-refractivity contribution in [2.75, 3.05) is 5.43 Å². The van der Waals surface area contributed by atoms with E-state index in [9.17, 15) is 10.1 Å². The van der Waals surface area contributed by atoms with Crippen LogP contribution in [0, 0.1) is 10.1 Å². The quantitative estimate of drug-likeness (QED) is 0.501. The number of nitrogens with zero attached hydrogens (tertiary/aromatic N) is 2. The highest BCUT2D eigenvalue weighted by molar-refractivity contribution is 9.10. The highest BCUT2D eigenvalue weighted by Gasteiger charge is 2.11. The van der Waals surface area contributed by atoms with Gasteiger partial charge in [-0.05, 0) is 30.3 Å². The molecule has 2 aromatic rings. The zero-order chi connectivity index (χ0) is 14.5. The smallest absolute Gasteiger partial charge is 0.279 e. The van der Waals surface area contributed by atoms with Crippen molar-refractivity contribution in [3.63, 3.8) is 0 Å². The Kier molecular flexibility index (Phi) is 4.70. The molecular formula is C13H9BrClN3O2. The van der Waals surface area contributed by atoms with Crippen LogP contribution in [0.5, 0.6) is 0 Å². The average Bonchev–Trinajstić information content (AvgIpc) is 2.42. The second-order valence-corrected chi connectivity index (χ2v) is 5.17. The lowest BCUT2D eigenvalue weighted by Crippen LogP contribution is -1.93. The van der Waals surface area contributed by atoms with Crippen LogP contribution in [0.1, 0.15) is 5.56 Å². The maximum atomic E-state index is 10.8. The molecular weight excluding hydrogens is 346 g/mol.